The summed E-state index contributed by atoms with van der Waals surface area (Å²) >= 11 is 0. The molecule has 1 N–H and O–H groups in total. The predicted octanol–water partition coefficient (Wildman–Crippen LogP) is 2.08. The summed E-state index contributed by atoms with van der Waals surface area (Å²) in [5.74, 6) is -1.15. The summed E-state index contributed by atoms with van der Waals surface area (Å²) in [7, 11) is 0. The van der Waals surface area contributed by atoms with Gasteiger partial charge in [0.2, 0.25) is 0 Å². The summed E-state index contributed by atoms with van der Waals surface area (Å²) in [6, 6.07) is 7.28. The number of ketones is 1. The van der Waals surface area contributed by atoms with Crippen molar-refractivity contribution < 1.29 is 14.7 Å². The molecule has 2 atom stereocenters. The molecule has 1 aliphatic carbocycles. The van der Waals surface area contributed by atoms with Crippen molar-refractivity contribution in [2.45, 2.75) is 19.3 Å². The van der Waals surface area contributed by atoms with Crippen LogP contribution >= 0.6 is 0 Å². The minimum atomic E-state index is -0.851. The van der Waals surface area contributed by atoms with Crippen LogP contribution in [0.4, 0.5) is 0 Å². The molecule has 0 heterocycles. The lowest BCUT2D eigenvalue weighted by molar-refractivity contribution is -0.137. The third kappa shape index (κ3) is 1.54. The van der Waals surface area contributed by atoms with E-state index in [0.29, 0.717) is 5.56 Å². The first-order valence-electron chi connectivity index (χ1n) is 4.96. The zero-order valence-corrected chi connectivity index (χ0v) is 8.43. The minimum absolute atomic E-state index is 0.0317. The van der Waals surface area contributed by atoms with E-state index in [2.05, 4.69) is 0 Å². The third-order valence-corrected chi connectivity index (χ3v) is 3.04. The van der Waals surface area contributed by atoms with Gasteiger partial charge in [0.15, 0.2) is 5.78 Å². The summed E-state index contributed by atoms with van der Waals surface area (Å²) in [4.78, 5) is 22.5. The molecule has 2 unspecified atom stereocenters. The van der Waals surface area contributed by atoms with Gasteiger partial charge >= 0.3 is 5.97 Å². The molecule has 0 radical (unpaired) electrons. The molecule has 1 aromatic rings. The zero-order chi connectivity index (χ0) is 11.0. The van der Waals surface area contributed by atoms with Crippen molar-refractivity contribution in [2.75, 3.05) is 0 Å². The van der Waals surface area contributed by atoms with Crippen LogP contribution in [0.25, 0.3) is 0 Å². The van der Waals surface area contributed by atoms with Gasteiger partial charge in [-0.2, -0.15) is 0 Å². The van der Waals surface area contributed by atoms with Crippen molar-refractivity contribution in [3.05, 3.63) is 35.4 Å². The van der Waals surface area contributed by atoms with Crippen LogP contribution in [0, 0.1) is 5.92 Å². The van der Waals surface area contributed by atoms with E-state index in [-0.39, 0.29) is 24.0 Å². The highest BCUT2D eigenvalue weighted by atomic mass is 16.4. The van der Waals surface area contributed by atoms with E-state index in [0.717, 1.165) is 5.56 Å². The van der Waals surface area contributed by atoms with Crippen LogP contribution in [-0.2, 0) is 4.79 Å². The maximum Gasteiger partial charge on any atom is 0.303 e. The molecule has 0 aliphatic heterocycles. The summed E-state index contributed by atoms with van der Waals surface area (Å²) in [5.41, 5.74) is 1.58. The van der Waals surface area contributed by atoms with E-state index in [4.69, 9.17) is 5.11 Å². The second-order valence-electron chi connectivity index (χ2n) is 3.94. The van der Waals surface area contributed by atoms with Crippen molar-refractivity contribution in [3.63, 3.8) is 0 Å². The topological polar surface area (TPSA) is 54.4 Å². The Morgan fingerprint density at radius 2 is 2.07 bits per heavy atom. The average molecular weight is 204 g/mol. The highest BCUT2D eigenvalue weighted by Gasteiger charge is 2.37. The van der Waals surface area contributed by atoms with E-state index in [9.17, 15) is 9.59 Å². The molecule has 0 bridgehead atoms. The number of benzene rings is 1. The fourth-order valence-corrected chi connectivity index (χ4v) is 2.22. The lowest BCUT2D eigenvalue weighted by Gasteiger charge is -2.12. The SMILES string of the molecule is CC1C(=O)c2ccccc2C1CC(=O)O. The second-order valence-corrected chi connectivity index (χ2v) is 3.94. The molecule has 0 spiro atoms. The fourth-order valence-electron chi connectivity index (χ4n) is 2.22. The molecular formula is C12H12O3. The predicted molar refractivity (Wildman–Crippen MR) is 54.9 cm³/mol. The van der Waals surface area contributed by atoms with Gasteiger partial charge < -0.3 is 5.11 Å². The monoisotopic (exact) mass is 204 g/mol. The van der Waals surface area contributed by atoms with Crippen molar-refractivity contribution in [1.29, 1.82) is 0 Å². The van der Waals surface area contributed by atoms with Crippen molar-refractivity contribution in [2.24, 2.45) is 5.92 Å². The van der Waals surface area contributed by atoms with Crippen LogP contribution in [0.2, 0.25) is 0 Å². The van der Waals surface area contributed by atoms with Crippen molar-refractivity contribution in [3.8, 4) is 0 Å². The minimum Gasteiger partial charge on any atom is -0.481 e. The Hall–Kier alpha value is -1.64. The first kappa shape index (κ1) is 9.90. The first-order chi connectivity index (χ1) is 7.11. The molecule has 0 saturated carbocycles. The van der Waals surface area contributed by atoms with Gasteiger partial charge in [0, 0.05) is 17.4 Å². The van der Waals surface area contributed by atoms with Crippen LogP contribution in [0.3, 0.4) is 0 Å². The molecule has 2 rings (SSSR count). The number of fused-ring (bicyclic) bond motifs is 1. The number of hydrogen-bond donors (Lipinski definition) is 1. The highest BCUT2D eigenvalue weighted by Crippen LogP contribution is 2.39. The number of Topliss-reactive ketones (excluding diaryl/α,β-unsaturated/α-hetero) is 1. The standard InChI is InChI=1S/C12H12O3/c1-7-10(6-11(13)14)8-4-2-3-5-9(8)12(7)15/h2-5,7,10H,6H2,1H3,(H,13,14). The number of aliphatic carboxylic acids is 1. The van der Waals surface area contributed by atoms with E-state index >= 15 is 0 Å². The molecule has 0 amide bonds. The van der Waals surface area contributed by atoms with Gasteiger partial charge in [0.25, 0.3) is 0 Å². The largest absolute Gasteiger partial charge is 0.481 e. The number of rotatable bonds is 2. The highest BCUT2D eigenvalue weighted by molar-refractivity contribution is 6.03. The smallest absolute Gasteiger partial charge is 0.303 e. The van der Waals surface area contributed by atoms with Gasteiger partial charge in [-0.3, -0.25) is 9.59 Å². The molecule has 0 saturated heterocycles. The Labute approximate surface area is 87.7 Å². The quantitative estimate of drug-likeness (QED) is 0.802. The van der Waals surface area contributed by atoms with Crippen LogP contribution in [0.1, 0.15) is 35.2 Å². The fraction of sp³-hybridized carbons (Fsp3) is 0.333. The Kier molecular flexibility index (Phi) is 2.31. The summed E-state index contributed by atoms with van der Waals surface area (Å²) in [5, 5.41) is 8.79. The van der Waals surface area contributed by atoms with Gasteiger partial charge in [-0.05, 0) is 5.56 Å². The third-order valence-electron chi connectivity index (χ3n) is 3.04. The maximum atomic E-state index is 11.8. The summed E-state index contributed by atoms with van der Waals surface area (Å²) in [6.07, 6.45) is 0.0317. The Bertz CT molecular complexity index is 423. The molecule has 0 fully saturated rings. The van der Waals surface area contributed by atoms with E-state index in [1.807, 2.05) is 18.2 Å². The molecule has 3 nitrogen and oxygen atoms in total. The average Bonchev–Trinajstić information content (AvgIpc) is 2.44. The first-order valence-corrected chi connectivity index (χ1v) is 4.96. The van der Waals surface area contributed by atoms with Crippen LogP contribution < -0.4 is 0 Å². The van der Waals surface area contributed by atoms with E-state index in [1.54, 1.807) is 13.0 Å². The maximum absolute atomic E-state index is 11.8. The van der Waals surface area contributed by atoms with E-state index < -0.39 is 5.97 Å². The van der Waals surface area contributed by atoms with Gasteiger partial charge in [0.1, 0.15) is 0 Å². The second kappa shape index (κ2) is 3.50. The Morgan fingerprint density at radius 3 is 2.73 bits per heavy atom. The molecule has 15 heavy (non-hydrogen) atoms. The lowest BCUT2D eigenvalue weighted by atomic mass is 9.91. The Morgan fingerprint density at radius 1 is 1.40 bits per heavy atom. The number of carbonyl (C=O) groups excluding carboxylic acids is 1. The van der Waals surface area contributed by atoms with Gasteiger partial charge in [-0.1, -0.05) is 31.2 Å². The number of carbonyl (C=O) groups is 2. The van der Waals surface area contributed by atoms with Crippen LogP contribution in [0.15, 0.2) is 24.3 Å². The van der Waals surface area contributed by atoms with Gasteiger partial charge in [-0.25, -0.2) is 0 Å². The summed E-state index contributed by atoms with van der Waals surface area (Å²) in [6.45, 7) is 1.80. The Balaban J connectivity index is 2.42. The van der Waals surface area contributed by atoms with Crippen LogP contribution in [-0.4, -0.2) is 16.9 Å². The van der Waals surface area contributed by atoms with Gasteiger partial charge in [-0.15, -0.1) is 0 Å². The van der Waals surface area contributed by atoms with Crippen molar-refractivity contribution >= 4 is 11.8 Å². The van der Waals surface area contributed by atoms with Crippen molar-refractivity contribution in [1.82, 2.24) is 0 Å². The normalized spacial score (nSPS) is 23.9. The number of carboxylic acids is 1. The zero-order valence-electron chi connectivity index (χ0n) is 8.43. The van der Waals surface area contributed by atoms with Crippen LogP contribution in [0.5, 0.6) is 0 Å². The number of hydrogen-bond acceptors (Lipinski definition) is 2. The molecule has 1 aromatic carbocycles. The molecule has 0 aromatic heterocycles. The van der Waals surface area contributed by atoms with E-state index in [1.165, 1.54) is 0 Å². The molecular weight excluding hydrogens is 192 g/mol. The number of carboxylic acid groups (broad SMARTS) is 1. The summed E-state index contributed by atoms with van der Waals surface area (Å²) < 4.78 is 0. The molecule has 3 heteroatoms. The van der Waals surface area contributed by atoms with Gasteiger partial charge in [0.05, 0.1) is 6.42 Å². The molecule has 78 valence electrons. The lowest BCUT2D eigenvalue weighted by Crippen LogP contribution is -2.13. The molecule has 1 aliphatic rings.